The molecule has 98 valence electrons. The molecule has 5 heteroatoms. The van der Waals surface area contributed by atoms with Crippen molar-refractivity contribution in [3.63, 3.8) is 0 Å². The van der Waals surface area contributed by atoms with Crippen molar-refractivity contribution in [3.05, 3.63) is 52.4 Å². The predicted octanol–water partition coefficient (Wildman–Crippen LogP) is 3.25. The average Bonchev–Trinajstić information content (AvgIpc) is 2.40. The topological polar surface area (TPSA) is 54.9 Å². The number of carbonyl (C=O) groups excluding carboxylic acids is 1. The molecule has 2 aromatic rings. The minimum atomic E-state index is -0.240. The van der Waals surface area contributed by atoms with Gasteiger partial charge in [0.1, 0.15) is 11.0 Å². The molecule has 0 aliphatic carbocycles. The lowest BCUT2D eigenvalue weighted by molar-refractivity contribution is 0.102. The van der Waals surface area contributed by atoms with Gasteiger partial charge in [-0.05, 0) is 37.1 Å². The first kappa shape index (κ1) is 13.5. The summed E-state index contributed by atoms with van der Waals surface area (Å²) in [4.78, 5) is 20.3. The second-order valence-corrected chi connectivity index (χ2v) is 4.59. The molecule has 0 saturated heterocycles. The standard InChI is InChI=1S/C14H14ClN3O/c1-3-11-6-10(7-12(15)17-11)14(19)18-13-5-4-9(2)8-16-13/h4-8H,3H2,1-2H3,(H,16,18,19). The van der Waals surface area contributed by atoms with Crippen molar-refractivity contribution >= 4 is 23.3 Å². The van der Waals surface area contributed by atoms with Crippen LogP contribution in [0.25, 0.3) is 0 Å². The summed E-state index contributed by atoms with van der Waals surface area (Å²) in [6.45, 7) is 3.90. The minimum Gasteiger partial charge on any atom is -0.307 e. The number of pyridine rings is 2. The first-order valence-electron chi connectivity index (χ1n) is 5.99. The fourth-order valence-electron chi connectivity index (χ4n) is 1.59. The molecule has 19 heavy (non-hydrogen) atoms. The van der Waals surface area contributed by atoms with Crippen LogP contribution in [-0.4, -0.2) is 15.9 Å². The van der Waals surface area contributed by atoms with E-state index in [-0.39, 0.29) is 5.91 Å². The largest absolute Gasteiger partial charge is 0.307 e. The molecule has 1 N–H and O–H groups in total. The number of rotatable bonds is 3. The van der Waals surface area contributed by atoms with Gasteiger partial charge in [-0.2, -0.15) is 0 Å². The van der Waals surface area contributed by atoms with Gasteiger partial charge in [0, 0.05) is 17.5 Å². The Hall–Kier alpha value is -1.94. The smallest absolute Gasteiger partial charge is 0.256 e. The number of nitrogens with zero attached hydrogens (tertiary/aromatic N) is 2. The lowest BCUT2D eigenvalue weighted by Gasteiger charge is -2.06. The van der Waals surface area contributed by atoms with Crippen molar-refractivity contribution in [1.82, 2.24) is 9.97 Å². The van der Waals surface area contributed by atoms with Crippen LogP contribution in [-0.2, 0) is 6.42 Å². The summed E-state index contributed by atoms with van der Waals surface area (Å²) in [6.07, 6.45) is 2.43. The zero-order valence-electron chi connectivity index (χ0n) is 10.8. The molecular formula is C14H14ClN3O. The third-order valence-electron chi connectivity index (χ3n) is 2.62. The highest BCUT2D eigenvalue weighted by molar-refractivity contribution is 6.29. The van der Waals surface area contributed by atoms with E-state index in [0.717, 1.165) is 17.7 Å². The fourth-order valence-corrected chi connectivity index (χ4v) is 1.82. The summed E-state index contributed by atoms with van der Waals surface area (Å²) in [7, 11) is 0. The number of hydrogen-bond acceptors (Lipinski definition) is 3. The van der Waals surface area contributed by atoms with Crippen LogP contribution < -0.4 is 5.32 Å². The summed E-state index contributed by atoms with van der Waals surface area (Å²) in [5, 5.41) is 3.05. The zero-order chi connectivity index (χ0) is 13.8. The molecule has 2 aromatic heterocycles. The highest BCUT2D eigenvalue weighted by Gasteiger charge is 2.09. The van der Waals surface area contributed by atoms with Gasteiger partial charge in [0.25, 0.3) is 5.91 Å². The lowest BCUT2D eigenvalue weighted by Crippen LogP contribution is -2.13. The molecule has 2 heterocycles. The monoisotopic (exact) mass is 275 g/mol. The average molecular weight is 276 g/mol. The highest BCUT2D eigenvalue weighted by Crippen LogP contribution is 2.13. The Balaban J connectivity index is 2.20. The fraction of sp³-hybridized carbons (Fsp3) is 0.214. The van der Waals surface area contributed by atoms with Gasteiger partial charge in [0.2, 0.25) is 0 Å². The Morgan fingerprint density at radius 3 is 2.79 bits per heavy atom. The number of aryl methyl sites for hydroxylation is 2. The summed E-state index contributed by atoms with van der Waals surface area (Å²) >= 11 is 5.89. The summed E-state index contributed by atoms with van der Waals surface area (Å²) in [6, 6.07) is 6.93. The van der Waals surface area contributed by atoms with Gasteiger partial charge in [-0.3, -0.25) is 4.79 Å². The third kappa shape index (κ3) is 3.51. The number of carbonyl (C=O) groups is 1. The van der Waals surface area contributed by atoms with Crippen LogP contribution in [0.3, 0.4) is 0 Å². The molecule has 0 bridgehead atoms. The summed E-state index contributed by atoms with van der Waals surface area (Å²) < 4.78 is 0. The Kier molecular flexibility index (Phi) is 4.12. The number of amides is 1. The van der Waals surface area contributed by atoms with Crippen molar-refractivity contribution in [1.29, 1.82) is 0 Å². The van der Waals surface area contributed by atoms with Crippen molar-refractivity contribution in [2.75, 3.05) is 5.32 Å². The molecule has 0 aliphatic heterocycles. The molecule has 0 aliphatic rings. The molecule has 0 fully saturated rings. The maximum atomic E-state index is 12.1. The molecular weight excluding hydrogens is 262 g/mol. The van der Waals surface area contributed by atoms with E-state index in [1.807, 2.05) is 19.9 Å². The SMILES string of the molecule is CCc1cc(C(=O)Nc2ccc(C)cn2)cc(Cl)n1. The molecule has 0 unspecified atom stereocenters. The molecule has 1 amide bonds. The second-order valence-electron chi connectivity index (χ2n) is 4.20. The van der Waals surface area contributed by atoms with E-state index in [9.17, 15) is 4.79 Å². The van der Waals surface area contributed by atoms with E-state index in [0.29, 0.717) is 16.5 Å². The Bertz CT molecular complexity index is 596. The van der Waals surface area contributed by atoms with Crippen molar-refractivity contribution in [3.8, 4) is 0 Å². The molecule has 0 saturated carbocycles. The number of anilines is 1. The lowest BCUT2D eigenvalue weighted by atomic mass is 10.2. The normalized spacial score (nSPS) is 10.3. The highest BCUT2D eigenvalue weighted by atomic mass is 35.5. The molecule has 0 radical (unpaired) electrons. The summed E-state index contributed by atoms with van der Waals surface area (Å²) in [5.41, 5.74) is 2.31. The van der Waals surface area contributed by atoms with Gasteiger partial charge in [0.05, 0.1) is 0 Å². The van der Waals surface area contributed by atoms with Crippen LogP contribution in [0.15, 0.2) is 30.5 Å². The van der Waals surface area contributed by atoms with Crippen molar-refractivity contribution in [2.24, 2.45) is 0 Å². The first-order chi connectivity index (χ1) is 9.08. The van der Waals surface area contributed by atoms with Crippen LogP contribution in [0.5, 0.6) is 0 Å². The summed E-state index contributed by atoms with van der Waals surface area (Å²) in [5.74, 6) is 0.275. The van der Waals surface area contributed by atoms with E-state index in [1.165, 1.54) is 0 Å². The Labute approximate surface area is 116 Å². The predicted molar refractivity (Wildman–Crippen MR) is 75.6 cm³/mol. The quantitative estimate of drug-likeness (QED) is 0.875. The maximum absolute atomic E-state index is 12.1. The zero-order valence-corrected chi connectivity index (χ0v) is 11.5. The van der Waals surface area contributed by atoms with Crippen LogP contribution in [0.1, 0.15) is 28.5 Å². The van der Waals surface area contributed by atoms with Gasteiger partial charge < -0.3 is 5.32 Å². The van der Waals surface area contributed by atoms with Crippen LogP contribution in [0, 0.1) is 6.92 Å². The van der Waals surface area contributed by atoms with Crippen molar-refractivity contribution in [2.45, 2.75) is 20.3 Å². The minimum absolute atomic E-state index is 0.240. The van der Waals surface area contributed by atoms with Gasteiger partial charge in [-0.1, -0.05) is 24.6 Å². The number of aromatic nitrogens is 2. The van der Waals surface area contributed by atoms with Gasteiger partial charge in [0.15, 0.2) is 0 Å². The van der Waals surface area contributed by atoms with E-state index in [2.05, 4.69) is 15.3 Å². The molecule has 4 nitrogen and oxygen atoms in total. The Morgan fingerprint density at radius 2 is 2.16 bits per heavy atom. The Morgan fingerprint density at radius 1 is 1.37 bits per heavy atom. The molecule has 0 atom stereocenters. The van der Waals surface area contributed by atoms with E-state index < -0.39 is 0 Å². The number of halogens is 1. The molecule has 0 aromatic carbocycles. The third-order valence-corrected chi connectivity index (χ3v) is 2.82. The molecule has 0 spiro atoms. The van der Waals surface area contributed by atoms with Crippen LogP contribution >= 0.6 is 11.6 Å². The molecule has 2 rings (SSSR count). The van der Waals surface area contributed by atoms with E-state index in [1.54, 1.807) is 24.4 Å². The first-order valence-corrected chi connectivity index (χ1v) is 6.36. The maximum Gasteiger partial charge on any atom is 0.256 e. The second kappa shape index (κ2) is 5.80. The van der Waals surface area contributed by atoms with Crippen LogP contribution in [0.4, 0.5) is 5.82 Å². The number of hydrogen-bond donors (Lipinski definition) is 1. The van der Waals surface area contributed by atoms with Crippen molar-refractivity contribution < 1.29 is 4.79 Å². The van der Waals surface area contributed by atoms with Gasteiger partial charge >= 0.3 is 0 Å². The van der Waals surface area contributed by atoms with Gasteiger partial charge in [-0.25, -0.2) is 9.97 Å². The van der Waals surface area contributed by atoms with Gasteiger partial charge in [-0.15, -0.1) is 0 Å². The van der Waals surface area contributed by atoms with E-state index >= 15 is 0 Å². The van der Waals surface area contributed by atoms with Crippen LogP contribution in [0.2, 0.25) is 5.15 Å². The number of nitrogens with one attached hydrogen (secondary N) is 1. The van der Waals surface area contributed by atoms with E-state index in [4.69, 9.17) is 11.6 Å².